The van der Waals surface area contributed by atoms with Gasteiger partial charge in [0.25, 0.3) is 0 Å². The zero-order valence-electron chi connectivity index (χ0n) is 12.4. The van der Waals surface area contributed by atoms with E-state index in [1.807, 2.05) is 6.07 Å². The van der Waals surface area contributed by atoms with E-state index in [9.17, 15) is 8.42 Å². The largest absolute Gasteiger partial charge is 0.316 e. The fourth-order valence-corrected chi connectivity index (χ4v) is 4.28. The van der Waals surface area contributed by atoms with Crippen LogP contribution in [0, 0.1) is 0 Å². The highest BCUT2D eigenvalue weighted by molar-refractivity contribution is 7.91. The van der Waals surface area contributed by atoms with E-state index in [2.05, 4.69) is 23.9 Å². The fourth-order valence-electron chi connectivity index (χ4n) is 1.80. The van der Waals surface area contributed by atoms with Crippen LogP contribution >= 0.6 is 11.3 Å². The van der Waals surface area contributed by atoms with Gasteiger partial charge in [0.1, 0.15) is 4.21 Å². The third-order valence-corrected chi connectivity index (χ3v) is 6.05. The molecule has 0 saturated heterocycles. The van der Waals surface area contributed by atoms with Gasteiger partial charge in [0.15, 0.2) is 0 Å². The molecule has 1 rings (SSSR count). The van der Waals surface area contributed by atoms with Crippen molar-refractivity contribution in [1.29, 1.82) is 0 Å². The van der Waals surface area contributed by atoms with Gasteiger partial charge in [-0.05, 0) is 44.5 Å². The van der Waals surface area contributed by atoms with Gasteiger partial charge in [0, 0.05) is 11.4 Å². The average molecular weight is 319 g/mol. The highest BCUT2D eigenvalue weighted by Crippen LogP contribution is 2.21. The molecule has 0 saturated carbocycles. The van der Waals surface area contributed by atoms with Crippen molar-refractivity contribution in [2.45, 2.75) is 50.2 Å². The summed E-state index contributed by atoms with van der Waals surface area (Å²) >= 11 is 1.37. The van der Waals surface area contributed by atoms with Crippen molar-refractivity contribution in [1.82, 2.24) is 10.0 Å². The SMILES string of the molecule is CCCCCNS(=O)(=O)c1ccc(CCNCCC)s1. The van der Waals surface area contributed by atoms with Crippen LogP contribution in [0.2, 0.25) is 0 Å². The first-order valence-electron chi connectivity index (χ1n) is 7.39. The molecule has 6 heteroatoms. The molecule has 0 amide bonds. The molecular weight excluding hydrogens is 292 g/mol. The second-order valence-electron chi connectivity index (χ2n) is 4.83. The van der Waals surface area contributed by atoms with E-state index in [0.29, 0.717) is 10.8 Å². The Bertz CT molecular complexity index is 469. The number of hydrogen-bond donors (Lipinski definition) is 2. The molecule has 0 aliphatic heterocycles. The Morgan fingerprint density at radius 3 is 2.55 bits per heavy atom. The van der Waals surface area contributed by atoms with Crippen molar-refractivity contribution < 1.29 is 8.42 Å². The van der Waals surface area contributed by atoms with E-state index in [0.717, 1.165) is 50.1 Å². The zero-order valence-corrected chi connectivity index (χ0v) is 14.1. The Hall–Kier alpha value is -0.430. The molecule has 0 unspecified atom stereocenters. The van der Waals surface area contributed by atoms with Gasteiger partial charge >= 0.3 is 0 Å². The molecule has 2 N–H and O–H groups in total. The van der Waals surface area contributed by atoms with Gasteiger partial charge in [-0.3, -0.25) is 0 Å². The van der Waals surface area contributed by atoms with Crippen molar-refractivity contribution in [2.75, 3.05) is 19.6 Å². The molecule has 0 bridgehead atoms. The summed E-state index contributed by atoms with van der Waals surface area (Å²) in [5.41, 5.74) is 0. The van der Waals surface area contributed by atoms with Crippen molar-refractivity contribution >= 4 is 21.4 Å². The first-order chi connectivity index (χ1) is 9.60. The van der Waals surface area contributed by atoms with Crippen LogP contribution in [0.4, 0.5) is 0 Å². The molecule has 1 heterocycles. The van der Waals surface area contributed by atoms with Gasteiger partial charge < -0.3 is 5.32 Å². The lowest BCUT2D eigenvalue weighted by Crippen LogP contribution is -2.23. The quantitative estimate of drug-likeness (QED) is 0.617. The topological polar surface area (TPSA) is 58.2 Å². The third-order valence-electron chi connectivity index (χ3n) is 2.95. The monoisotopic (exact) mass is 318 g/mol. The van der Waals surface area contributed by atoms with Crippen molar-refractivity contribution in [2.24, 2.45) is 0 Å². The van der Waals surface area contributed by atoms with Gasteiger partial charge in [0.2, 0.25) is 10.0 Å². The molecule has 0 radical (unpaired) electrons. The summed E-state index contributed by atoms with van der Waals surface area (Å²) in [6.07, 6.45) is 5.05. The van der Waals surface area contributed by atoms with E-state index in [-0.39, 0.29) is 0 Å². The average Bonchev–Trinajstić information content (AvgIpc) is 2.89. The number of rotatable bonds is 11. The molecule has 116 valence electrons. The predicted molar refractivity (Wildman–Crippen MR) is 85.9 cm³/mol. The maximum absolute atomic E-state index is 12.1. The number of nitrogens with one attached hydrogen (secondary N) is 2. The Labute approximate surface area is 127 Å². The predicted octanol–water partition coefficient (Wildman–Crippen LogP) is 2.76. The fraction of sp³-hybridized carbons (Fsp3) is 0.714. The van der Waals surface area contributed by atoms with E-state index < -0.39 is 10.0 Å². The first kappa shape index (κ1) is 17.6. The summed E-state index contributed by atoms with van der Waals surface area (Å²) < 4.78 is 27.2. The molecule has 0 aliphatic carbocycles. The molecule has 1 aromatic heterocycles. The molecule has 0 aromatic carbocycles. The molecule has 1 aromatic rings. The number of unbranched alkanes of at least 4 members (excludes halogenated alkanes) is 2. The Morgan fingerprint density at radius 1 is 1.05 bits per heavy atom. The highest BCUT2D eigenvalue weighted by atomic mass is 32.2. The molecule has 20 heavy (non-hydrogen) atoms. The number of thiophene rings is 1. The van der Waals surface area contributed by atoms with Gasteiger partial charge in [-0.2, -0.15) is 0 Å². The summed E-state index contributed by atoms with van der Waals surface area (Å²) in [6, 6.07) is 3.63. The van der Waals surface area contributed by atoms with Crippen LogP contribution in [0.3, 0.4) is 0 Å². The van der Waals surface area contributed by atoms with Crippen LogP contribution in [0.1, 0.15) is 44.4 Å². The highest BCUT2D eigenvalue weighted by Gasteiger charge is 2.15. The first-order valence-corrected chi connectivity index (χ1v) is 9.69. The maximum atomic E-state index is 12.1. The van der Waals surface area contributed by atoms with E-state index in [1.165, 1.54) is 11.3 Å². The van der Waals surface area contributed by atoms with Crippen molar-refractivity contribution in [3.05, 3.63) is 17.0 Å². The minimum atomic E-state index is -3.31. The van der Waals surface area contributed by atoms with Crippen molar-refractivity contribution in [3.63, 3.8) is 0 Å². The van der Waals surface area contributed by atoms with E-state index in [1.54, 1.807) is 6.07 Å². The molecule has 0 spiro atoms. The Kier molecular flexibility index (Phi) is 8.37. The standard InChI is InChI=1S/C14H26N2O2S2/c1-3-5-6-11-16-20(17,18)14-8-7-13(19-14)9-12-15-10-4-2/h7-8,15-16H,3-6,9-12H2,1-2H3. The lowest BCUT2D eigenvalue weighted by molar-refractivity contribution is 0.578. The second kappa shape index (κ2) is 9.50. The molecule has 0 aliphatic rings. The van der Waals surface area contributed by atoms with E-state index in [4.69, 9.17) is 0 Å². The minimum absolute atomic E-state index is 0.430. The minimum Gasteiger partial charge on any atom is -0.316 e. The smallest absolute Gasteiger partial charge is 0.250 e. The zero-order chi connectivity index (χ0) is 14.8. The van der Waals surface area contributed by atoms with Crippen LogP contribution in [-0.4, -0.2) is 28.1 Å². The number of sulfonamides is 1. The molecule has 4 nitrogen and oxygen atoms in total. The summed E-state index contributed by atoms with van der Waals surface area (Å²) in [5.74, 6) is 0. The van der Waals surface area contributed by atoms with Gasteiger partial charge in [0.05, 0.1) is 0 Å². The lowest BCUT2D eigenvalue weighted by Gasteiger charge is -2.04. The molecule has 0 fully saturated rings. The molecule has 0 atom stereocenters. The summed E-state index contributed by atoms with van der Waals surface area (Å²) in [5, 5.41) is 3.32. The normalized spacial score (nSPS) is 11.9. The maximum Gasteiger partial charge on any atom is 0.250 e. The van der Waals surface area contributed by atoms with Crippen LogP contribution in [0.15, 0.2) is 16.3 Å². The van der Waals surface area contributed by atoms with Crippen LogP contribution in [0.25, 0.3) is 0 Å². The van der Waals surface area contributed by atoms with Crippen LogP contribution in [-0.2, 0) is 16.4 Å². The van der Waals surface area contributed by atoms with Gasteiger partial charge in [-0.25, -0.2) is 13.1 Å². The lowest BCUT2D eigenvalue weighted by atomic mass is 10.3. The van der Waals surface area contributed by atoms with Crippen LogP contribution in [0.5, 0.6) is 0 Å². The summed E-state index contributed by atoms with van der Waals surface area (Å²) in [4.78, 5) is 1.11. The summed E-state index contributed by atoms with van der Waals surface area (Å²) in [7, 11) is -3.31. The number of hydrogen-bond acceptors (Lipinski definition) is 4. The Morgan fingerprint density at radius 2 is 1.85 bits per heavy atom. The second-order valence-corrected chi connectivity index (χ2v) is 7.99. The van der Waals surface area contributed by atoms with Crippen molar-refractivity contribution in [3.8, 4) is 0 Å². The van der Waals surface area contributed by atoms with Gasteiger partial charge in [-0.1, -0.05) is 26.7 Å². The van der Waals surface area contributed by atoms with Crippen LogP contribution < -0.4 is 10.0 Å². The summed E-state index contributed by atoms with van der Waals surface area (Å²) in [6.45, 7) is 6.68. The Balaban J connectivity index is 2.44. The van der Waals surface area contributed by atoms with Gasteiger partial charge in [-0.15, -0.1) is 11.3 Å². The van der Waals surface area contributed by atoms with E-state index >= 15 is 0 Å². The third kappa shape index (κ3) is 6.35. The molecular formula is C14H26N2O2S2.